The molecule has 0 aromatic carbocycles. The largest absolute Gasteiger partial charge is 0.756 e. The van der Waals surface area contributed by atoms with Gasteiger partial charge in [0.1, 0.15) is 19.8 Å². The van der Waals surface area contributed by atoms with Crippen LogP contribution in [0, 0.1) is 0 Å². The van der Waals surface area contributed by atoms with Gasteiger partial charge in [-0.15, -0.1) is 0 Å². The summed E-state index contributed by atoms with van der Waals surface area (Å²) in [5.41, 5.74) is 0. The van der Waals surface area contributed by atoms with Gasteiger partial charge in [-0.25, -0.2) is 0 Å². The number of hydrogen-bond acceptors (Lipinski definition) is 8. The zero-order chi connectivity index (χ0) is 54.9. The van der Waals surface area contributed by atoms with Gasteiger partial charge in [0.05, 0.1) is 27.7 Å². The van der Waals surface area contributed by atoms with E-state index < -0.39 is 26.5 Å². The molecule has 0 rings (SSSR count). The van der Waals surface area contributed by atoms with E-state index in [1.807, 2.05) is 21.1 Å². The van der Waals surface area contributed by atoms with E-state index in [9.17, 15) is 19.0 Å². The van der Waals surface area contributed by atoms with Crippen LogP contribution >= 0.6 is 7.82 Å². The minimum atomic E-state index is -4.64. The van der Waals surface area contributed by atoms with Crippen LogP contribution in [0.15, 0.2) is 48.6 Å². The molecule has 0 fully saturated rings. The fourth-order valence-electron chi connectivity index (χ4n) is 9.24. The second-order valence-corrected chi connectivity index (χ2v) is 24.2. The van der Waals surface area contributed by atoms with Crippen LogP contribution in [-0.2, 0) is 32.7 Å². The highest BCUT2D eigenvalue weighted by Crippen LogP contribution is 2.38. The van der Waals surface area contributed by atoms with Gasteiger partial charge in [-0.3, -0.25) is 14.2 Å². The Morgan fingerprint density at radius 1 is 0.427 bits per heavy atom. The van der Waals surface area contributed by atoms with Crippen molar-refractivity contribution in [3.8, 4) is 0 Å². The maximum absolute atomic E-state index is 12.8. The number of allylic oxidation sites excluding steroid dienone is 8. The average Bonchev–Trinajstić information content (AvgIpc) is 3.37. The molecule has 0 aliphatic rings. The Labute approximate surface area is 464 Å². The number of phosphoric acid groups is 1. The van der Waals surface area contributed by atoms with Crippen LogP contribution in [-0.4, -0.2) is 70.0 Å². The molecule has 0 bridgehead atoms. The smallest absolute Gasteiger partial charge is 0.306 e. The standard InChI is InChI=1S/C65H122NO8P/c1-6-8-10-12-14-16-18-20-22-24-26-27-28-29-30-31-32-33-34-35-36-37-38-40-41-43-45-47-49-51-53-55-57-64(67)71-61-63(62-73-75(69,70)72-60-59-66(3,4)5)74-65(68)58-56-54-52-50-48-46-44-42-39-25-23-21-19-17-15-13-11-9-7-2/h9,11,15,17,21,23,39,42,63H,6-8,10,12-14,16,18-20,22,24-38,40-41,43-62H2,1-5H3/b11-9-,17-15-,23-21-,42-39-. The second-order valence-electron chi connectivity index (χ2n) is 22.8. The third kappa shape index (κ3) is 61.1. The van der Waals surface area contributed by atoms with Gasteiger partial charge >= 0.3 is 11.9 Å². The lowest BCUT2D eigenvalue weighted by Crippen LogP contribution is -2.37. The van der Waals surface area contributed by atoms with E-state index in [0.29, 0.717) is 17.4 Å². The van der Waals surface area contributed by atoms with Gasteiger partial charge in [0.2, 0.25) is 0 Å². The first kappa shape index (κ1) is 73.0. The summed E-state index contributed by atoms with van der Waals surface area (Å²) in [5, 5.41) is 0. The summed E-state index contributed by atoms with van der Waals surface area (Å²) in [6.45, 7) is 4.15. The summed E-state index contributed by atoms with van der Waals surface area (Å²) < 4.78 is 34.2. The summed E-state index contributed by atoms with van der Waals surface area (Å²) in [6, 6.07) is 0. The topological polar surface area (TPSA) is 111 Å². The molecule has 0 N–H and O–H groups in total. The summed E-state index contributed by atoms with van der Waals surface area (Å²) in [7, 11) is 1.16. The summed E-state index contributed by atoms with van der Waals surface area (Å²) in [4.78, 5) is 37.9. The molecule has 0 aromatic heterocycles. The quantitative estimate of drug-likeness (QED) is 0.0195. The molecular formula is C65H122NO8P. The van der Waals surface area contributed by atoms with E-state index >= 15 is 0 Å². The molecule has 440 valence electrons. The van der Waals surface area contributed by atoms with Gasteiger partial charge in [0.25, 0.3) is 7.82 Å². The molecule has 0 spiro atoms. The lowest BCUT2D eigenvalue weighted by Gasteiger charge is -2.28. The highest BCUT2D eigenvalue weighted by Gasteiger charge is 2.22. The highest BCUT2D eigenvalue weighted by atomic mass is 31.2. The molecule has 75 heavy (non-hydrogen) atoms. The number of carbonyl (C=O) groups is 2. The maximum atomic E-state index is 12.8. The van der Waals surface area contributed by atoms with Crippen LogP contribution in [0.3, 0.4) is 0 Å². The molecule has 0 aliphatic carbocycles. The van der Waals surface area contributed by atoms with E-state index in [1.54, 1.807) is 0 Å². The minimum Gasteiger partial charge on any atom is -0.756 e. The van der Waals surface area contributed by atoms with Gasteiger partial charge in [-0.2, -0.15) is 0 Å². The highest BCUT2D eigenvalue weighted by molar-refractivity contribution is 7.45. The van der Waals surface area contributed by atoms with Crippen molar-refractivity contribution < 1.29 is 42.1 Å². The number of ether oxygens (including phenoxy) is 2. The first-order valence-electron chi connectivity index (χ1n) is 31.8. The first-order chi connectivity index (χ1) is 36.5. The van der Waals surface area contributed by atoms with E-state index in [0.717, 1.165) is 83.5 Å². The van der Waals surface area contributed by atoms with E-state index in [1.165, 1.54) is 186 Å². The van der Waals surface area contributed by atoms with E-state index in [4.69, 9.17) is 18.5 Å². The van der Waals surface area contributed by atoms with Crippen molar-refractivity contribution in [1.29, 1.82) is 0 Å². The number of hydrogen-bond donors (Lipinski definition) is 0. The Kier molecular flexibility index (Phi) is 55.1. The van der Waals surface area contributed by atoms with Gasteiger partial charge < -0.3 is 27.9 Å². The van der Waals surface area contributed by atoms with Crippen molar-refractivity contribution in [3.05, 3.63) is 48.6 Å². The number of esters is 2. The fraction of sp³-hybridized carbons (Fsp3) is 0.846. The van der Waals surface area contributed by atoms with Crippen molar-refractivity contribution in [1.82, 2.24) is 0 Å². The summed E-state index contributed by atoms with van der Waals surface area (Å²) >= 11 is 0. The molecule has 2 unspecified atom stereocenters. The monoisotopic (exact) mass is 1080 g/mol. The molecule has 10 heteroatoms. The molecular weight excluding hydrogens is 954 g/mol. The van der Waals surface area contributed by atoms with Gasteiger partial charge in [-0.05, 0) is 51.4 Å². The second kappa shape index (κ2) is 56.7. The van der Waals surface area contributed by atoms with E-state index in [-0.39, 0.29) is 32.0 Å². The first-order valence-corrected chi connectivity index (χ1v) is 33.3. The number of quaternary nitrogens is 1. The van der Waals surface area contributed by atoms with Crippen LogP contribution in [0.5, 0.6) is 0 Å². The predicted octanol–water partition coefficient (Wildman–Crippen LogP) is 19.5. The Bertz CT molecular complexity index is 1410. The molecule has 0 aromatic rings. The number of nitrogens with zero attached hydrogens (tertiary/aromatic N) is 1. The van der Waals surface area contributed by atoms with Crippen molar-refractivity contribution in [2.24, 2.45) is 0 Å². The van der Waals surface area contributed by atoms with Crippen molar-refractivity contribution in [3.63, 3.8) is 0 Å². The van der Waals surface area contributed by atoms with Gasteiger partial charge in [0, 0.05) is 12.8 Å². The van der Waals surface area contributed by atoms with Crippen LogP contribution in [0.4, 0.5) is 0 Å². The van der Waals surface area contributed by atoms with Gasteiger partial charge in [-0.1, -0.05) is 287 Å². The Morgan fingerprint density at radius 2 is 0.760 bits per heavy atom. The molecule has 0 radical (unpaired) electrons. The molecule has 0 saturated carbocycles. The third-order valence-corrected chi connectivity index (χ3v) is 15.1. The fourth-order valence-corrected chi connectivity index (χ4v) is 9.97. The summed E-state index contributed by atoms with van der Waals surface area (Å²) in [5.74, 6) is -0.838. The van der Waals surface area contributed by atoms with Crippen molar-refractivity contribution in [2.75, 3.05) is 47.5 Å². The molecule has 9 nitrogen and oxygen atoms in total. The van der Waals surface area contributed by atoms with Crippen LogP contribution in [0.2, 0.25) is 0 Å². The van der Waals surface area contributed by atoms with Gasteiger partial charge in [0.15, 0.2) is 6.10 Å². The average molecular weight is 1080 g/mol. The molecule has 0 amide bonds. The SMILES string of the molecule is CC/C=C\C/C=C\C/C=C\C/C=C\CCCCCCCCC(=O)OC(COC(=O)CCCCCCCCCCCCCCCCCCCCCCCCCCCCCCCCCC)COP(=O)([O-])OCC[N+](C)(C)C. The Morgan fingerprint density at radius 3 is 1.13 bits per heavy atom. The normalized spacial score (nSPS) is 13.5. The lowest BCUT2D eigenvalue weighted by atomic mass is 10.0. The third-order valence-electron chi connectivity index (χ3n) is 14.1. The number of likely N-dealkylation sites (N-methyl/N-ethyl adjacent to an activating group) is 1. The van der Waals surface area contributed by atoms with Crippen molar-refractivity contribution >= 4 is 19.8 Å². The Hall–Kier alpha value is -2.03. The number of rotatable bonds is 59. The summed E-state index contributed by atoms with van der Waals surface area (Å²) in [6.07, 6.45) is 71.9. The zero-order valence-corrected chi connectivity index (χ0v) is 50.9. The lowest BCUT2D eigenvalue weighted by molar-refractivity contribution is -0.870. The Balaban J connectivity index is 4.01. The number of unbranched alkanes of at least 4 members (excludes halogenated alkanes) is 37. The van der Waals surface area contributed by atoms with Crippen LogP contribution in [0.1, 0.15) is 303 Å². The predicted molar refractivity (Wildman–Crippen MR) is 319 cm³/mol. The number of phosphoric ester groups is 1. The minimum absolute atomic E-state index is 0.0339. The molecule has 0 saturated heterocycles. The number of carbonyl (C=O) groups excluding carboxylic acids is 2. The van der Waals surface area contributed by atoms with Crippen molar-refractivity contribution in [2.45, 2.75) is 309 Å². The van der Waals surface area contributed by atoms with Crippen LogP contribution < -0.4 is 4.89 Å². The molecule has 0 heterocycles. The van der Waals surface area contributed by atoms with Crippen LogP contribution in [0.25, 0.3) is 0 Å². The zero-order valence-electron chi connectivity index (χ0n) is 50.0. The molecule has 0 aliphatic heterocycles. The van der Waals surface area contributed by atoms with E-state index in [2.05, 4.69) is 62.5 Å². The maximum Gasteiger partial charge on any atom is 0.306 e. The molecule has 2 atom stereocenters.